The van der Waals surface area contributed by atoms with Crippen LogP contribution in [0, 0.1) is 0 Å². The van der Waals surface area contributed by atoms with Crippen LogP contribution in [-0.2, 0) is 17.8 Å². The number of rotatable bonds is 5. The average molecular weight is 336 g/mol. The fourth-order valence-corrected chi connectivity index (χ4v) is 2.60. The number of fused-ring (bicyclic) bond motifs is 1. The summed E-state index contributed by atoms with van der Waals surface area (Å²) in [5.41, 5.74) is 1.76. The molecule has 1 aliphatic heterocycles. The summed E-state index contributed by atoms with van der Waals surface area (Å²) >= 11 is 0. The smallest absolute Gasteiger partial charge is 0.231 e. The van der Waals surface area contributed by atoms with E-state index in [0.717, 1.165) is 11.3 Å². The molecule has 7 nitrogen and oxygen atoms in total. The molecule has 2 aromatic heterocycles. The highest BCUT2D eigenvalue weighted by atomic mass is 16.7. The summed E-state index contributed by atoms with van der Waals surface area (Å²) in [6.45, 7) is 0.775. The summed E-state index contributed by atoms with van der Waals surface area (Å²) in [6, 6.07) is 13.0. The molecular weight excluding hydrogens is 320 g/mol. The first-order valence-electron chi connectivity index (χ1n) is 7.88. The van der Waals surface area contributed by atoms with E-state index in [1.165, 1.54) is 0 Å². The second kappa shape index (κ2) is 6.64. The molecule has 0 saturated heterocycles. The standard InChI is InChI=1S/C18H16N4O3/c23-18(10-13-4-5-15-16(9-13)25-12-24-15)20-17-6-8-22(21-17)11-14-3-1-2-7-19-14/h1-9H,10-12H2,(H,20,21,23). The lowest BCUT2D eigenvalue weighted by atomic mass is 10.1. The van der Waals surface area contributed by atoms with Gasteiger partial charge in [0.05, 0.1) is 18.7 Å². The third-order valence-electron chi connectivity index (χ3n) is 3.76. The van der Waals surface area contributed by atoms with Crippen molar-refractivity contribution >= 4 is 11.7 Å². The number of carbonyl (C=O) groups is 1. The zero-order valence-electron chi connectivity index (χ0n) is 13.4. The Balaban J connectivity index is 1.36. The topological polar surface area (TPSA) is 78.3 Å². The van der Waals surface area contributed by atoms with Gasteiger partial charge in [-0.3, -0.25) is 14.5 Å². The predicted octanol–water partition coefficient (Wildman–Crippen LogP) is 2.24. The zero-order chi connectivity index (χ0) is 17.1. The molecule has 4 rings (SSSR count). The van der Waals surface area contributed by atoms with Crippen molar-refractivity contribution in [2.45, 2.75) is 13.0 Å². The number of carbonyl (C=O) groups excluding carboxylic acids is 1. The van der Waals surface area contributed by atoms with E-state index in [2.05, 4.69) is 15.4 Å². The van der Waals surface area contributed by atoms with Crippen LogP contribution in [-0.4, -0.2) is 27.5 Å². The maximum absolute atomic E-state index is 12.2. The number of hydrogen-bond donors (Lipinski definition) is 1. The first-order chi connectivity index (χ1) is 12.3. The monoisotopic (exact) mass is 336 g/mol. The largest absolute Gasteiger partial charge is 0.454 e. The number of nitrogens with zero attached hydrogens (tertiary/aromatic N) is 3. The zero-order valence-corrected chi connectivity index (χ0v) is 13.4. The maximum Gasteiger partial charge on any atom is 0.231 e. The third-order valence-corrected chi connectivity index (χ3v) is 3.76. The van der Waals surface area contributed by atoms with E-state index in [9.17, 15) is 4.79 Å². The Labute approximate surface area is 144 Å². The molecule has 25 heavy (non-hydrogen) atoms. The van der Waals surface area contributed by atoms with Crippen molar-refractivity contribution in [3.8, 4) is 11.5 Å². The Bertz CT molecular complexity index is 892. The first kappa shape index (κ1) is 15.2. The van der Waals surface area contributed by atoms with Crippen LogP contribution >= 0.6 is 0 Å². The van der Waals surface area contributed by atoms with E-state index < -0.39 is 0 Å². The molecule has 1 aliphatic rings. The van der Waals surface area contributed by atoms with Gasteiger partial charge in [0, 0.05) is 18.5 Å². The van der Waals surface area contributed by atoms with Gasteiger partial charge in [-0.2, -0.15) is 5.10 Å². The van der Waals surface area contributed by atoms with Crippen LogP contribution < -0.4 is 14.8 Å². The van der Waals surface area contributed by atoms with E-state index in [1.807, 2.05) is 42.6 Å². The summed E-state index contributed by atoms with van der Waals surface area (Å²) in [7, 11) is 0. The number of amides is 1. The highest BCUT2D eigenvalue weighted by Gasteiger charge is 2.14. The van der Waals surface area contributed by atoms with Crippen LogP contribution in [0.25, 0.3) is 0 Å². The van der Waals surface area contributed by atoms with Crippen LogP contribution in [0.3, 0.4) is 0 Å². The quantitative estimate of drug-likeness (QED) is 0.773. The van der Waals surface area contributed by atoms with Gasteiger partial charge < -0.3 is 14.8 Å². The van der Waals surface area contributed by atoms with Crippen molar-refractivity contribution in [1.82, 2.24) is 14.8 Å². The molecule has 1 aromatic carbocycles. The number of benzene rings is 1. The Morgan fingerprint density at radius 3 is 2.96 bits per heavy atom. The van der Waals surface area contributed by atoms with Crippen LogP contribution in [0.4, 0.5) is 5.82 Å². The van der Waals surface area contributed by atoms with Crippen molar-refractivity contribution in [3.05, 3.63) is 66.1 Å². The van der Waals surface area contributed by atoms with Gasteiger partial charge in [-0.25, -0.2) is 0 Å². The molecule has 0 bridgehead atoms. The third kappa shape index (κ3) is 3.60. The molecule has 0 saturated carbocycles. The maximum atomic E-state index is 12.2. The second-order valence-corrected chi connectivity index (χ2v) is 5.63. The fourth-order valence-electron chi connectivity index (χ4n) is 2.60. The minimum atomic E-state index is -0.137. The first-order valence-corrected chi connectivity index (χ1v) is 7.88. The second-order valence-electron chi connectivity index (χ2n) is 5.63. The number of aromatic nitrogens is 3. The number of nitrogens with one attached hydrogen (secondary N) is 1. The molecule has 0 atom stereocenters. The molecule has 3 heterocycles. The molecular formula is C18H16N4O3. The molecule has 0 spiro atoms. The van der Waals surface area contributed by atoms with Crippen LogP contribution in [0.15, 0.2) is 54.9 Å². The Hall–Kier alpha value is -3.35. The van der Waals surface area contributed by atoms with Gasteiger partial charge in [-0.1, -0.05) is 12.1 Å². The fraction of sp³-hybridized carbons (Fsp3) is 0.167. The summed E-state index contributed by atoms with van der Waals surface area (Å²) in [5, 5.41) is 7.15. The van der Waals surface area contributed by atoms with Crippen molar-refractivity contribution in [2.75, 3.05) is 12.1 Å². The molecule has 0 aliphatic carbocycles. The van der Waals surface area contributed by atoms with E-state index >= 15 is 0 Å². The van der Waals surface area contributed by atoms with Gasteiger partial charge in [0.25, 0.3) is 0 Å². The summed E-state index contributed by atoms with van der Waals surface area (Å²) in [5.74, 6) is 1.76. The minimum absolute atomic E-state index is 0.137. The highest BCUT2D eigenvalue weighted by Crippen LogP contribution is 2.32. The minimum Gasteiger partial charge on any atom is -0.454 e. The number of hydrogen-bond acceptors (Lipinski definition) is 5. The van der Waals surface area contributed by atoms with Gasteiger partial charge in [0.2, 0.25) is 12.7 Å². The van der Waals surface area contributed by atoms with Crippen LogP contribution in [0.5, 0.6) is 11.5 Å². The predicted molar refractivity (Wildman–Crippen MR) is 90.5 cm³/mol. The molecule has 1 amide bonds. The van der Waals surface area contributed by atoms with E-state index in [0.29, 0.717) is 23.9 Å². The summed E-state index contributed by atoms with van der Waals surface area (Å²) < 4.78 is 12.3. The van der Waals surface area contributed by atoms with Crippen molar-refractivity contribution in [3.63, 3.8) is 0 Å². The van der Waals surface area contributed by atoms with Crippen molar-refractivity contribution in [1.29, 1.82) is 0 Å². The SMILES string of the molecule is O=C(Cc1ccc2c(c1)OCO2)Nc1ccn(Cc2ccccn2)n1. The Morgan fingerprint density at radius 1 is 1.16 bits per heavy atom. The molecule has 0 radical (unpaired) electrons. The summed E-state index contributed by atoms with van der Waals surface area (Å²) in [4.78, 5) is 16.5. The highest BCUT2D eigenvalue weighted by molar-refractivity contribution is 5.91. The molecule has 0 unspecified atom stereocenters. The normalized spacial score (nSPS) is 12.2. The van der Waals surface area contributed by atoms with Gasteiger partial charge in [0.15, 0.2) is 17.3 Å². The lowest BCUT2D eigenvalue weighted by Crippen LogP contribution is -2.15. The average Bonchev–Trinajstić information content (AvgIpc) is 3.24. The Kier molecular flexibility index (Phi) is 4.04. The van der Waals surface area contributed by atoms with E-state index in [-0.39, 0.29) is 19.1 Å². The van der Waals surface area contributed by atoms with E-state index in [4.69, 9.17) is 9.47 Å². The van der Waals surface area contributed by atoms with Crippen molar-refractivity contribution < 1.29 is 14.3 Å². The molecule has 0 fully saturated rings. The molecule has 126 valence electrons. The van der Waals surface area contributed by atoms with Gasteiger partial charge in [-0.15, -0.1) is 0 Å². The summed E-state index contributed by atoms with van der Waals surface area (Å²) in [6.07, 6.45) is 3.79. The lowest BCUT2D eigenvalue weighted by Gasteiger charge is -2.04. The molecule has 7 heteroatoms. The van der Waals surface area contributed by atoms with Gasteiger partial charge in [-0.05, 0) is 29.8 Å². The Morgan fingerprint density at radius 2 is 2.08 bits per heavy atom. The van der Waals surface area contributed by atoms with Crippen LogP contribution in [0.1, 0.15) is 11.3 Å². The number of pyridine rings is 1. The van der Waals surface area contributed by atoms with Gasteiger partial charge >= 0.3 is 0 Å². The van der Waals surface area contributed by atoms with Crippen molar-refractivity contribution in [2.24, 2.45) is 0 Å². The lowest BCUT2D eigenvalue weighted by molar-refractivity contribution is -0.115. The van der Waals surface area contributed by atoms with Gasteiger partial charge in [0.1, 0.15) is 0 Å². The van der Waals surface area contributed by atoms with E-state index in [1.54, 1.807) is 16.9 Å². The number of ether oxygens (including phenoxy) is 2. The number of anilines is 1. The van der Waals surface area contributed by atoms with Crippen LogP contribution in [0.2, 0.25) is 0 Å². The molecule has 1 N–H and O–H groups in total. The molecule has 3 aromatic rings.